The number of nitrogens with zero attached hydrogens (tertiary/aromatic N) is 2. The number of carboxylic acids is 1. The molecule has 0 unspecified atom stereocenters. The molecule has 0 saturated carbocycles. The lowest BCUT2D eigenvalue weighted by molar-refractivity contribution is 0.0696. The van der Waals surface area contributed by atoms with Gasteiger partial charge in [-0.1, -0.05) is 0 Å². The molecule has 0 saturated heterocycles. The summed E-state index contributed by atoms with van der Waals surface area (Å²) in [6, 6.07) is 8.52. The topological polar surface area (TPSA) is 90.1 Å². The van der Waals surface area contributed by atoms with E-state index in [1.165, 1.54) is 16.7 Å². The second-order valence-electron chi connectivity index (χ2n) is 6.47. The predicted molar refractivity (Wildman–Crippen MR) is 104 cm³/mol. The number of aromatic carboxylic acids is 1. The van der Waals surface area contributed by atoms with Gasteiger partial charge in [0.1, 0.15) is 17.1 Å². The minimum absolute atomic E-state index is 0.0474. The van der Waals surface area contributed by atoms with Crippen molar-refractivity contribution in [1.29, 1.82) is 0 Å². The van der Waals surface area contributed by atoms with Crippen LogP contribution < -0.4 is 15.0 Å². The van der Waals surface area contributed by atoms with Crippen LogP contribution in [0.1, 0.15) is 33.6 Å². The molecule has 0 bridgehead atoms. The molecule has 1 aromatic carbocycles. The van der Waals surface area contributed by atoms with Crippen molar-refractivity contribution in [3.8, 4) is 11.5 Å². The molecule has 142 valence electrons. The van der Waals surface area contributed by atoms with Crippen molar-refractivity contribution in [1.82, 2.24) is 9.38 Å². The van der Waals surface area contributed by atoms with Gasteiger partial charge in [0.05, 0.1) is 25.5 Å². The van der Waals surface area contributed by atoms with Crippen molar-refractivity contribution in [2.24, 2.45) is 0 Å². The minimum atomic E-state index is -1.08. The Morgan fingerprint density at radius 1 is 1.18 bits per heavy atom. The van der Waals surface area contributed by atoms with Crippen LogP contribution in [0.4, 0.5) is 0 Å². The minimum Gasteiger partial charge on any atom is -0.497 e. The molecular formula is C21H18N2O5. The Kier molecular flexibility index (Phi) is 4.35. The average Bonchev–Trinajstić information content (AvgIpc) is 3.10. The molecule has 0 spiro atoms. The molecule has 0 amide bonds. The lowest BCUT2D eigenvalue weighted by atomic mass is 10.1. The van der Waals surface area contributed by atoms with Crippen molar-refractivity contribution in [2.75, 3.05) is 14.2 Å². The first-order chi connectivity index (χ1) is 13.5. The van der Waals surface area contributed by atoms with Crippen LogP contribution in [0.3, 0.4) is 0 Å². The Morgan fingerprint density at radius 3 is 2.71 bits per heavy atom. The molecule has 1 aliphatic carbocycles. The number of pyridine rings is 1. The zero-order valence-corrected chi connectivity index (χ0v) is 15.4. The largest absolute Gasteiger partial charge is 0.497 e. The second-order valence-corrected chi connectivity index (χ2v) is 6.47. The van der Waals surface area contributed by atoms with Crippen LogP contribution in [0.2, 0.25) is 0 Å². The van der Waals surface area contributed by atoms with Crippen molar-refractivity contribution in [3.63, 3.8) is 0 Å². The zero-order valence-electron chi connectivity index (χ0n) is 15.4. The van der Waals surface area contributed by atoms with E-state index in [2.05, 4.69) is 4.98 Å². The summed E-state index contributed by atoms with van der Waals surface area (Å²) in [5, 5.41) is 9.16. The number of rotatable bonds is 4. The van der Waals surface area contributed by atoms with Gasteiger partial charge in [-0.3, -0.25) is 9.20 Å². The summed E-state index contributed by atoms with van der Waals surface area (Å²) in [4.78, 5) is 28.7. The van der Waals surface area contributed by atoms with E-state index in [4.69, 9.17) is 14.6 Å². The highest BCUT2D eigenvalue weighted by atomic mass is 16.5. The van der Waals surface area contributed by atoms with Crippen molar-refractivity contribution in [2.45, 2.75) is 12.8 Å². The van der Waals surface area contributed by atoms with Crippen LogP contribution in [0.15, 0.2) is 41.3 Å². The third-order valence-electron chi connectivity index (χ3n) is 4.88. The highest BCUT2D eigenvalue weighted by Gasteiger charge is 2.23. The van der Waals surface area contributed by atoms with Crippen LogP contribution in [0, 0.1) is 0 Å². The maximum Gasteiger partial charge on any atom is 0.337 e. The Labute approximate surface area is 160 Å². The Balaban J connectivity index is 1.87. The summed E-state index contributed by atoms with van der Waals surface area (Å²) in [6.07, 6.45) is 4.50. The SMILES string of the molecule is COc1ccc(OC)c(/C=C2/CCc3c2nc2ccc(C(=O)O)cn2c3=O)c1. The molecule has 1 N–H and O–H groups in total. The third kappa shape index (κ3) is 2.90. The molecule has 3 aromatic rings. The van der Waals surface area contributed by atoms with Gasteiger partial charge < -0.3 is 14.6 Å². The van der Waals surface area contributed by atoms with Crippen LogP contribution in [0.5, 0.6) is 11.5 Å². The van der Waals surface area contributed by atoms with Gasteiger partial charge in [0.15, 0.2) is 0 Å². The Hall–Kier alpha value is -3.61. The predicted octanol–water partition coefficient (Wildman–Crippen LogP) is 2.90. The van der Waals surface area contributed by atoms with E-state index in [1.807, 2.05) is 24.3 Å². The molecule has 7 nitrogen and oxygen atoms in total. The summed E-state index contributed by atoms with van der Waals surface area (Å²) >= 11 is 0. The molecule has 1 aliphatic rings. The lowest BCUT2D eigenvalue weighted by Crippen LogP contribution is -2.20. The summed E-state index contributed by atoms with van der Waals surface area (Å²) in [6.45, 7) is 0. The summed E-state index contributed by atoms with van der Waals surface area (Å²) in [5.74, 6) is 0.323. The third-order valence-corrected chi connectivity index (χ3v) is 4.88. The number of benzene rings is 1. The highest BCUT2D eigenvalue weighted by Crippen LogP contribution is 2.34. The number of methoxy groups -OCH3 is 2. The van der Waals surface area contributed by atoms with E-state index in [0.717, 1.165) is 11.1 Å². The number of carbonyl (C=O) groups is 1. The fourth-order valence-corrected chi connectivity index (χ4v) is 3.45. The molecule has 0 aliphatic heterocycles. The maximum atomic E-state index is 12.9. The number of fused-ring (bicyclic) bond motifs is 2. The van der Waals surface area contributed by atoms with Crippen molar-refractivity contribution < 1.29 is 19.4 Å². The molecule has 0 fully saturated rings. The number of allylic oxidation sites excluding steroid dienone is 1. The summed E-state index contributed by atoms with van der Waals surface area (Å²) in [7, 11) is 3.20. The normalized spacial score (nSPS) is 14.3. The zero-order chi connectivity index (χ0) is 19.8. The molecule has 2 aromatic heterocycles. The van der Waals surface area contributed by atoms with E-state index in [9.17, 15) is 9.59 Å². The van der Waals surface area contributed by atoms with Gasteiger partial charge in [-0.05, 0) is 54.8 Å². The summed E-state index contributed by atoms with van der Waals surface area (Å²) in [5.41, 5.74) is 3.25. The van der Waals surface area contributed by atoms with Gasteiger partial charge in [0.25, 0.3) is 5.56 Å². The molecule has 4 rings (SSSR count). The fraction of sp³-hybridized carbons (Fsp3) is 0.190. The first-order valence-electron chi connectivity index (χ1n) is 8.73. The number of hydrogen-bond acceptors (Lipinski definition) is 5. The van der Waals surface area contributed by atoms with Crippen LogP contribution in [-0.2, 0) is 6.42 Å². The van der Waals surface area contributed by atoms with Crippen LogP contribution in [-0.4, -0.2) is 34.7 Å². The number of carboxylic acid groups (broad SMARTS) is 1. The fourth-order valence-electron chi connectivity index (χ4n) is 3.45. The standard InChI is InChI=1S/C21H18N2O5/c1-27-15-5-7-17(28-2)14(10-15)9-12-3-6-16-19(12)22-18-8-4-13(21(25)26)11-23(18)20(16)24/h4-5,7-11H,3,6H2,1-2H3,(H,25,26)/b12-9-. The molecule has 0 radical (unpaired) electrons. The molecular weight excluding hydrogens is 360 g/mol. The second kappa shape index (κ2) is 6.84. The maximum absolute atomic E-state index is 12.9. The van der Waals surface area contributed by atoms with Gasteiger partial charge in [0.2, 0.25) is 0 Å². The van der Waals surface area contributed by atoms with E-state index in [1.54, 1.807) is 20.3 Å². The molecule has 0 atom stereocenters. The van der Waals surface area contributed by atoms with Crippen molar-refractivity contribution in [3.05, 3.63) is 69.3 Å². The van der Waals surface area contributed by atoms with Gasteiger partial charge >= 0.3 is 5.97 Å². The average molecular weight is 378 g/mol. The van der Waals surface area contributed by atoms with Crippen LogP contribution >= 0.6 is 0 Å². The monoisotopic (exact) mass is 378 g/mol. The van der Waals surface area contributed by atoms with Crippen molar-refractivity contribution >= 4 is 23.3 Å². The van der Waals surface area contributed by atoms with Gasteiger partial charge in [0, 0.05) is 17.3 Å². The quantitative estimate of drug-likeness (QED) is 0.751. The Bertz CT molecular complexity index is 1190. The van der Waals surface area contributed by atoms with E-state index >= 15 is 0 Å². The summed E-state index contributed by atoms with van der Waals surface area (Å²) < 4.78 is 12.0. The van der Waals surface area contributed by atoms with Crippen LogP contribution in [0.25, 0.3) is 17.3 Å². The first kappa shape index (κ1) is 17.8. The van der Waals surface area contributed by atoms with E-state index in [0.29, 0.717) is 41.2 Å². The highest BCUT2D eigenvalue weighted by molar-refractivity contribution is 5.88. The van der Waals surface area contributed by atoms with E-state index < -0.39 is 5.97 Å². The Morgan fingerprint density at radius 2 is 2.00 bits per heavy atom. The smallest absolute Gasteiger partial charge is 0.337 e. The van der Waals surface area contributed by atoms with Gasteiger partial charge in [-0.25, -0.2) is 9.78 Å². The lowest BCUT2D eigenvalue weighted by Gasteiger charge is -2.09. The number of aromatic nitrogens is 2. The first-order valence-corrected chi connectivity index (χ1v) is 8.73. The van der Waals surface area contributed by atoms with Gasteiger partial charge in [-0.15, -0.1) is 0 Å². The number of hydrogen-bond donors (Lipinski definition) is 1. The molecule has 2 heterocycles. The van der Waals surface area contributed by atoms with Gasteiger partial charge in [-0.2, -0.15) is 0 Å². The number of ether oxygens (including phenoxy) is 2. The molecule has 7 heteroatoms. The molecule has 28 heavy (non-hydrogen) atoms. The van der Waals surface area contributed by atoms with E-state index in [-0.39, 0.29) is 11.1 Å².